The number of benzene rings is 1. The van der Waals surface area contributed by atoms with Gasteiger partial charge in [-0.25, -0.2) is 8.42 Å². The fourth-order valence-electron chi connectivity index (χ4n) is 1.89. The second kappa shape index (κ2) is 6.11. The second-order valence-corrected chi connectivity index (χ2v) is 6.54. The fraction of sp³-hybridized carbons (Fsp3) is 0.214. The zero-order valence-corrected chi connectivity index (χ0v) is 12.7. The molecule has 6 nitrogen and oxygen atoms in total. The first-order chi connectivity index (χ1) is 9.95. The summed E-state index contributed by atoms with van der Waals surface area (Å²) in [5, 5.41) is 0. The summed E-state index contributed by atoms with van der Waals surface area (Å²) in [6.07, 6.45) is 3.27. The SMILES string of the molecule is COc1ccc(S(=O)(=O)N(C)Cc2cccnc2)c(N)c1. The first-order valence-electron chi connectivity index (χ1n) is 6.24. The lowest BCUT2D eigenvalue weighted by Gasteiger charge is -2.18. The molecule has 2 N–H and O–H groups in total. The molecule has 112 valence electrons. The highest BCUT2D eigenvalue weighted by atomic mass is 32.2. The molecule has 0 amide bonds. The fourth-order valence-corrected chi connectivity index (χ4v) is 3.14. The number of hydrogen-bond donors (Lipinski definition) is 1. The molecule has 0 fully saturated rings. The third-order valence-corrected chi connectivity index (χ3v) is 4.91. The van der Waals surface area contributed by atoms with Crippen molar-refractivity contribution in [3.63, 3.8) is 0 Å². The molecule has 0 aliphatic heterocycles. The minimum absolute atomic E-state index is 0.0645. The van der Waals surface area contributed by atoms with E-state index < -0.39 is 10.0 Å². The van der Waals surface area contributed by atoms with Gasteiger partial charge >= 0.3 is 0 Å². The summed E-state index contributed by atoms with van der Waals surface area (Å²) in [7, 11) is -0.664. The van der Waals surface area contributed by atoms with Crippen molar-refractivity contribution in [1.29, 1.82) is 0 Å². The average Bonchev–Trinajstić information content (AvgIpc) is 2.47. The van der Waals surface area contributed by atoms with Crippen LogP contribution in [0, 0.1) is 0 Å². The van der Waals surface area contributed by atoms with Gasteiger partial charge in [-0.2, -0.15) is 4.31 Å². The molecule has 1 aromatic carbocycles. The molecule has 21 heavy (non-hydrogen) atoms. The van der Waals surface area contributed by atoms with Crippen molar-refractivity contribution in [2.45, 2.75) is 11.4 Å². The number of anilines is 1. The predicted molar refractivity (Wildman–Crippen MR) is 80.3 cm³/mol. The maximum absolute atomic E-state index is 12.5. The number of nitrogens with zero attached hydrogens (tertiary/aromatic N) is 2. The van der Waals surface area contributed by atoms with E-state index in [1.807, 2.05) is 6.07 Å². The molecular weight excluding hydrogens is 290 g/mol. The van der Waals surface area contributed by atoms with Gasteiger partial charge in [0.25, 0.3) is 0 Å². The van der Waals surface area contributed by atoms with Gasteiger partial charge in [-0.3, -0.25) is 4.98 Å². The zero-order valence-electron chi connectivity index (χ0n) is 11.9. The van der Waals surface area contributed by atoms with Crippen LogP contribution in [0.2, 0.25) is 0 Å². The van der Waals surface area contributed by atoms with Crippen LogP contribution in [0.1, 0.15) is 5.56 Å². The van der Waals surface area contributed by atoms with Crippen LogP contribution in [0.4, 0.5) is 5.69 Å². The molecule has 0 saturated carbocycles. The number of aromatic nitrogens is 1. The summed E-state index contributed by atoms with van der Waals surface area (Å²) in [4.78, 5) is 4.03. The molecule has 0 saturated heterocycles. The Morgan fingerprint density at radius 3 is 2.67 bits per heavy atom. The van der Waals surface area contributed by atoms with E-state index in [1.165, 1.54) is 30.6 Å². The summed E-state index contributed by atoms with van der Waals surface area (Å²) < 4.78 is 31.3. The molecule has 0 spiro atoms. The van der Waals surface area contributed by atoms with Gasteiger partial charge in [-0.05, 0) is 23.8 Å². The van der Waals surface area contributed by atoms with Crippen LogP contribution < -0.4 is 10.5 Å². The normalized spacial score (nSPS) is 11.6. The molecule has 1 aromatic heterocycles. The van der Waals surface area contributed by atoms with Crippen LogP contribution in [0.5, 0.6) is 5.75 Å². The Kier molecular flexibility index (Phi) is 4.44. The van der Waals surface area contributed by atoms with Crippen LogP contribution >= 0.6 is 0 Å². The van der Waals surface area contributed by atoms with E-state index >= 15 is 0 Å². The van der Waals surface area contributed by atoms with E-state index in [1.54, 1.807) is 24.5 Å². The maximum Gasteiger partial charge on any atom is 0.245 e. The first-order valence-corrected chi connectivity index (χ1v) is 7.68. The highest BCUT2D eigenvalue weighted by Gasteiger charge is 2.23. The molecule has 0 bridgehead atoms. The van der Waals surface area contributed by atoms with E-state index in [0.717, 1.165) is 5.56 Å². The van der Waals surface area contributed by atoms with Crippen molar-refractivity contribution in [2.75, 3.05) is 19.9 Å². The minimum Gasteiger partial charge on any atom is -0.497 e. The number of methoxy groups -OCH3 is 1. The second-order valence-electron chi connectivity index (χ2n) is 4.53. The molecule has 0 aliphatic carbocycles. The van der Waals surface area contributed by atoms with Crippen molar-refractivity contribution >= 4 is 15.7 Å². The monoisotopic (exact) mass is 307 g/mol. The topological polar surface area (TPSA) is 85.5 Å². The Bertz CT molecular complexity index is 717. The predicted octanol–water partition coefficient (Wildman–Crippen LogP) is 1.49. The van der Waals surface area contributed by atoms with Gasteiger partial charge < -0.3 is 10.5 Å². The summed E-state index contributed by atoms with van der Waals surface area (Å²) in [5.41, 5.74) is 6.78. The van der Waals surface area contributed by atoms with E-state index in [2.05, 4.69) is 4.98 Å². The summed E-state index contributed by atoms with van der Waals surface area (Å²) >= 11 is 0. The lowest BCUT2D eigenvalue weighted by Crippen LogP contribution is -2.27. The molecule has 0 aliphatic rings. The number of hydrogen-bond acceptors (Lipinski definition) is 5. The van der Waals surface area contributed by atoms with E-state index in [4.69, 9.17) is 10.5 Å². The van der Waals surface area contributed by atoms with Crippen LogP contribution in [0.3, 0.4) is 0 Å². The molecule has 1 heterocycles. The third kappa shape index (κ3) is 3.32. The highest BCUT2D eigenvalue weighted by Crippen LogP contribution is 2.26. The van der Waals surface area contributed by atoms with Crippen LogP contribution in [-0.4, -0.2) is 31.9 Å². The van der Waals surface area contributed by atoms with Crippen LogP contribution in [0.15, 0.2) is 47.6 Å². The van der Waals surface area contributed by atoms with Gasteiger partial charge in [0.15, 0.2) is 0 Å². The lowest BCUT2D eigenvalue weighted by molar-refractivity contribution is 0.414. The summed E-state index contributed by atoms with van der Waals surface area (Å²) in [6.45, 7) is 0.224. The summed E-state index contributed by atoms with van der Waals surface area (Å²) in [5.74, 6) is 0.515. The van der Waals surface area contributed by atoms with Crippen molar-refractivity contribution < 1.29 is 13.2 Å². The highest BCUT2D eigenvalue weighted by molar-refractivity contribution is 7.89. The molecule has 7 heteroatoms. The third-order valence-electron chi connectivity index (χ3n) is 3.03. The smallest absolute Gasteiger partial charge is 0.245 e. The number of nitrogen functional groups attached to an aromatic ring is 1. The summed E-state index contributed by atoms with van der Waals surface area (Å²) in [6, 6.07) is 8.09. The first kappa shape index (κ1) is 15.3. The Morgan fingerprint density at radius 2 is 2.10 bits per heavy atom. The van der Waals surface area contributed by atoms with Crippen LogP contribution in [-0.2, 0) is 16.6 Å². The molecule has 2 rings (SSSR count). The Labute approximate surface area is 124 Å². The van der Waals surface area contributed by atoms with Gasteiger partial charge in [-0.15, -0.1) is 0 Å². The van der Waals surface area contributed by atoms with Crippen LogP contribution in [0.25, 0.3) is 0 Å². The Balaban J connectivity index is 2.29. The molecule has 0 radical (unpaired) electrons. The Hall–Kier alpha value is -2.12. The Morgan fingerprint density at radius 1 is 1.33 bits per heavy atom. The largest absolute Gasteiger partial charge is 0.497 e. The number of ether oxygens (including phenoxy) is 1. The van der Waals surface area contributed by atoms with Crippen molar-refractivity contribution in [3.8, 4) is 5.75 Å². The van der Waals surface area contributed by atoms with E-state index in [0.29, 0.717) is 5.75 Å². The van der Waals surface area contributed by atoms with Crippen molar-refractivity contribution in [3.05, 3.63) is 48.3 Å². The average molecular weight is 307 g/mol. The standard InChI is InChI=1S/C14H17N3O3S/c1-17(10-11-4-3-7-16-9-11)21(18,19)14-6-5-12(20-2)8-13(14)15/h3-9H,10,15H2,1-2H3. The zero-order chi connectivity index (χ0) is 15.5. The molecular formula is C14H17N3O3S. The van der Waals surface area contributed by atoms with Gasteiger partial charge in [0.2, 0.25) is 10.0 Å². The van der Waals surface area contributed by atoms with Crippen molar-refractivity contribution in [2.24, 2.45) is 0 Å². The quantitative estimate of drug-likeness (QED) is 0.846. The number of rotatable bonds is 5. The van der Waals surface area contributed by atoms with Gasteiger partial charge in [0.05, 0.1) is 12.8 Å². The van der Waals surface area contributed by atoms with Gasteiger partial charge in [-0.1, -0.05) is 6.07 Å². The molecule has 0 atom stereocenters. The van der Waals surface area contributed by atoms with Gasteiger partial charge in [0.1, 0.15) is 10.6 Å². The van der Waals surface area contributed by atoms with E-state index in [-0.39, 0.29) is 17.1 Å². The minimum atomic E-state index is -3.67. The number of sulfonamides is 1. The number of pyridine rings is 1. The molecule has 0 unspecified atom stereocenters. The molecule has 2 aromatic rings. The van der Waals surface area contributed by atoms with E-state index in [9.17, 15) is 8.42 Å². The van der Waals surface area contributed by atoms with Gasteiger partial charge in [0, 0.05) is 32.1 Å². The number of nitrogens with two attached hydrogens (primary N) is 1. The maximum atomic E-state index is 12.5. The van der Waals surface area contributed by atoms with Crippen molar-refractivity contribution in [1.82, 2.24) is 9.29 Å². The lowest BCUT2D eigenvalue weighted by atomic mass is 10.3.